The molecule has 0 bridgehead atoms. The minimum absolute atomic E-state index is 0.00520. The quantitative estimate of drug-likeness (QED) is 0.704. The first-order valence-electron chi connectivity index (χ1n) is 11.7. The van der Waals surface area contributed by atoms with Crippen molar-refractivity contribution in [1.82, 2.24) is 19.9 Å². The lowest BCUT2D eigenvalue weighted by atomic mass is 10.0. The Morgan fingerprint density at radius 3 is 3.19 bits per heavy atom. The number of halogens is 2. The van der Waals surface area contributed by atoms with E-state index in [1.807, 2.05) is 0 Å². The predicted octanol–water partition coefficient (Wildman–Crippen LogP) is 3.83. The third kappa shape index (κ3) is 4.00. The second kappa shape index (κ2) is 7.72. The number of likely N-dealkylation sites (tertiary alicyclic amines) is 1. The van der Waals surface area contributed by atoms with Crippen LogP contribution in [-0.2, 0) is 6.52 Å². The van der Waals surface area contributed by atoms with Gasteiger partial charge in [-0.1, -0.05) is 29.0 Å². The van der Waals surface area contributed by atoms with Crippen molar-refractivity contribution in [2.75, 3.05) is 18.4 Å². The summed E-state index contributed by atoms with van der Waals surface area (Å²) in [6.45, 7) is -2.78. The van der Waals surface area contributed by atoms with Crippen LogP contribution in [0, 0.1) is 17.1 Å². The lowest BCUT2D eigenvalue weighted by molar-refractivity contribution is 0.211. The number of thiazole rings is 1. The molecule has 1 N–H and O–H groups in total. The molecular formula is C18H16ClFN6S. The van der Waals surface area contributed by atoms with E-state index >= 15 is 0 Å². The highest BCUT2D eigenvalue weighted by Gasteiger charge is 2.21. The van der Waals surface area contributed by atoms with Crippen LogP contribution in [0.5, 0.6) is 0 Å². The van der Waals surface area contributed by atoms with E-state index in [0.717, 1.165) is 34.7 Å². The van der Waals surface area contributed by atoms with Crippen LogP contribution < -0.4 is 5.31 Å². The van der Waals surface area contributed by atoms with E-state index < -0.39 is 55.8 Å². The van der Waals surface area contributed by atoms with Gasteiger partial charge in [0.05, 0.1) is 8.30 Å². The number of nitrogens with zero attached hydrogens (tertiary/aromatic N) is 5. The smallest absolute Gasteiger partial charge is 0.186 e. The van der Waals surface area contributed by atoms with Gasteiger partial charge in [-0.15, -0.1) is 0 Å². The Morgan fingerprint density at radius 2 is 2.41 bits per heavy atom. The van der Waals surface area contributed by atoms with Crippen molar-refractivity contribution in [2.45, 2.75) is 25.3 Å². The second-order valence-corrected chi connectivity index (χ2v) is 7.00. The number of nitriles is 1. The average molecular weight is 411 g/mol. The van der Waals surface area contributed by atoms with Crippen LogP contribution in [0.25, 0.3) is 10.3 Å². The Kier molecular flexibility index (Phi) is 3.11. The molecule has 138 valence electrons. The number of anilines is 1. The zero-order valence-electron chi connectivity index (χ0n) is 21.6. The molecule has 0 amide bonds. The molecule has 1 aliphatic heterocycles. The maximum Gasteiger partial charge on any atom is 0.186 e. The lowest BCUT2D eigenvalue weighted by Crippen LogP contribution is -2.38. The van der Waals surface area contributed by atoms with Gasteiger partial charge in [0.1, 0.15) is 28.6 Å². The van der Waals surface area contributed by atoms with Crippen LogP contribution in [0.15, 0.2) is 24.5 Å². The molecule has 1 aliphatic rings. The summed E-state index contributed by atoms with van der Waals surface area (Å²) in [5.74, 6) is -1.35. The van der Waals surface area contributed by atoms with Crippen LogP contribution in [0.2, 0.25) is 5.88 Å². The molecular weight excluding hydrogens is 387 g/mol. The van der Waals surface area contributed by atoms with E-state index in [4.69, 9.17) is 27.9 Å². The lowest BCUT2D eigenvalue weighted by Gasteiger charge is -2.32. The number of aromatic nitrogens is 3. The minimum atomic E-state index is -2.84. The van der Waals surface area contributed by atoms with Crippen LogP contribution in [0.4, 0.5) is 10.2 Å². The van der Waals surface area contributed by atoms with Gasteiger partial charge in [0.2, 0.25) is 0 Å². The molecule has 2 aromatic heterocycles. The van der Waals surface area contributed by atoms with Gasteiger partial charge in [0.25, 0.3) is 0 Å². The van der Waals surface area contributed by atoms with Crippen LogP contribution in [0.3, 0.4) is 0 Å². The van der Waals surface area contributed by atoms with Crippen molar-refractivity contribution in [3.05, 3.63) is 45.9 Å². The molecule has 1 atom stereocenters. The summed E-state index contributed by atoms with van der Waals surface area (Å²) in [6, 6.07) is 0.204. The Hall–Kier alpha value is -2.34. The third-order valence-electron chi connectivity index (χ3n) is 3.63. The van der Waals surface area contributed by atoms with Gasteiger partial charge in [-0.05, 0) is 30.4 Å². The Bertz CT molecular complexity index is 1330. The SMILES string of the molecule is [2H]c1cc(C([2H])N2CC([2H])([2H])C([2H])(N([2H])c3ncnc4sc(Cl)nc34)C([2H])([2H])C2)cc(C#N)c1F. The van der Waals surface area contributed by atoms with Gasteiger partial charge in [-0.3, -0.25) is 4.90 Å². The maximum absolute atomic E-state index is 13.9. The Balaban J connectivity index is 1.73. The number of rotatable bonds is 4. The van der Waals surface area contributed by atoms with E-state index in [9.17, 15) is 4.39 Å². The molecule has 4 rings (SSSR count). The summed E-state index contributed by atoms with van der Waals surface area (Å²) < 4.78 is 82.0. The van der Waals surface area contributed by atoms with Gasteiger partial charge in [-0.25, -0.2) is 19.3 Å². The van der Waals surface area contributed by atoms with E-state index in [1.54, 1.807) is 6.07 Å². The van der Waals surface area contributed by atoms with E-state index in [2.05, 4.69) is 15.0 Å². The number of hydrogen-bond acceptors (Lipinski definition) is 7. The fraction of sp³-hybridized carbons (Fsp3) is 0.333. The van der Waals surface area contributed by atoms with Crippen LogP contribution in [0.1, 0.15) is 33.5 Å². The van der Waals surface area contributed by atoms with Crippen molar-refractivity contribution in [3.63, 3.8) is 0 Å². The molecule has 3 heterocycles. The van der Waals surface area contributed by atoms with Gasteiger partial charge in [-0.2, -0.15) is 5.26 Å². The first kappa shape index (κ1) is 10.9. The second-order valence-electron chi connectivity index (χ2n) is 5.44. The monoisotopic (exact) mass is 410 g/mol. The molecule has 1 aromatic carbocycles. The van der Waals surface area contributed by atoms with Crippen molar-refractivity contribution >= 4 is 39.1 Å². The fourth-order valence-electron chi connectivity index (χ4n) is 2.41. The van der Waals surface area contributed by atoms with Crippen LogP contribution >= 0.6 is 22.9 Å². The average Bonchev–Trinajstić information content (AvgIpc) is 3.17. The highest BCUT2D eigenvalue weighted by Crippen LogP contribution is 2.28. The predicted molar refractivity (Wildman–Crippen MR) is 103 cm³/mol. The molecule has 27 heavy (non-hydrogen) atoms. The molecule has 1 saturated heterocycles. The van der Waals surface area contributed by atoms with E-state index in [1.165, 1.54) is 0 Å². The zero-order valence-corrected chi connectivity index (χ0v) is 15.1. The topological polar surface area (TPSA) is 77.7 Å². The molecule has 0 aliphatic carbocycles. The summed E-state index contributed by atoms with van der Waals surface area (Å²) in [5.41, 5.74) is -0.445. The van der Waals surface area contributed by atoms with Crippen molar-refractivity contribution in [2.24, 2.45) is 0 Å². The maximum atomic E-state index is 13.9. The number of benzene rings is 1. The highest BCUT2D eigenvalue weighted by atomic mass is 35.5. The number of nitrogens with one attached hydrogen (secondary N) is 1. The zero-order chi connectivity index (χ0) is 25.9. The van der Waals surface area contributed by atoms with E-state index in [-0.39, 0.29) is 26.2 Å². The molecule has 6 nitrogen and oxygen atoms in total. The van der Waals surface area contributed by atoms with Gasteiger partial charge < -0.3 is 5.31 Å². The Morgan fingerprint density at radius 1 is 1.59 bits per heavy atom. The normalized spacial score (nSPS) is 26.1. The Labute approximate surface area is 175 Å². The minimum Gasteiger partial charge on any atom is -0.365 e. The first-order chi connectivity index (χ1) is 16.2. The number of piperidine rings is 1. The number of fused-ring (bicyclic) bond motifs is 1. The first-order valence-corrected chi connectivity index (χ1v) is 8.85. The standard InChI is InChI=1S/C18H16ClFN6S/c19-18-25-15-16(22-10-23-17(15)27-18)24-13-3-5-26(6-4-13)9-11-1-2-14(20)12(7-11)8-21/h1-2,7,10,13H,3-6,9H2,(H,22,23,24)/i2D,3D2,4D2,9D,13D/hD. The molecule has 0 spiro atoms. The van der Waals surface area contributed by atoms with E-state index in [0.29, 0.717) is 5.31 Å². The van der Waals surface area contributed by atoms with Crippen LogP contribution in [-0.4, -0.2) is 39.0 Å². The summed E-state index contributed by atoms with van der Waals surface area (Å²) in [7, 11) is 0. The summed E-state index contributed by atoms with van der Waals surface area (Å²) in [5, 5.41) is 9.43. The molecule has 0 saturated carbocycles. The fourth-order valence-corrected chi connectivity index (χ4v) is 3.34. The molecule has 3 aromatic rings. The molecule has 1 fully saturated rings. The number of hydrogen-bond donors (Lipinski definition) is 1. The third-order valence-corrected chi connectivity index (χ3v) is 4.70. The molecule has 1 unspecified atom stereocenters. The largest absolute Gasteiger partial charge is 0.365 e. The van der Waals surface area contributed by atoms with Crippen molar-refractivity contribution in [3.8, 4) is 6.07 Å². The van der Waals surface area contributed by atoms with Crippen molar-refractivity contribution < 1.29 is 15.4 Å². The molecule has 0 radical (unpaired) electrons. The molecule has 9 heteroatoms. The van der Waals surface area contributed by atoms with Gasteiger partial charge in [0.15, 0.2) is 11.7 Å². The summed E-state index contributed by atoms with van der Waals surface area (Å²) in [6.07, 6.45) is -4.40. The van der Waals surface area contributed by atoms with Gasteiger partial charge in [0, 0.05) is 32.5 Å². The summed E-state index contributed by atoms with van der Waals surface area (Å²) in [4.78, 5) is 13.3. The van der Waals surface area contributed by atoms with Crippen molar-refractivity contribution in [1.29, 1.82) is 5.26 Å². The highest BCUT2D eigenvalue weighted by molar-refractivity contribution is 7.21. The summed E-state index contributed by atoms with van der Waals surface area (Å²) >= 11 is 6.91. The van der Waals surface area contributed by atoms with Gasteiger partial charge >= 0.3 is 0 Å².